The van der Waals surface area contributed by atoms with E-state index in [0.29, 0.717) is 39.6 Å². The molecule has 0 N–H and O–H groups in total. The van der Waals surface area contributed by atoms with Gasteiger partial charge in [-0.2, -0.15) is 0 Å². The molecule has 0 saturated carbocycles. The topological polar surface area (TPSA) is 84.0 Å². The molecule has 44 heavy (non-hydrogen) atoms. The highest BCUT2D eigenvalue weighted by atomic mass is 32.1. The summed E-state index contributed by atoms with van der Waals surface area (Å²) in [6.07, 6.45) is 3.41. The largest absolute Gasteiger partial charge is 0.490 e. The summed E-state index contributed by atoms with van der Waals surface area (Å²) < 4.78 is 21.0. The van der Waals surface area contributed by atoms with Crippen molar-refractivity contribution in [2.75, 3.05) is 20.3 Å². The van der Waals surface area contributed by atoms with Crippen LogP contribution in [0.2, 0.25) is 0 Å². The second-order valence-corrected chi connectivity index (χ2v) is 12.7. The maximum atomic E-state index is 14.1. The second kappa shape index (κ2) is 12.3. The van der Waals surface area contributed by atoms with E-state index in [4.69, 9.17) is 14.2 Å². The summed E-state index contributed by atoms with van der Waals surface area (Å²) in [6, 6.07) is 15.4. The normalized spacial score (nSPS) is 15.0. The van der Waals surface area contributed by atoms with Gasteiger partial charge in [0.05, 0.1) is 36.5 Å². The van der Waals surface area contributed by atoms with Gasteiger partial charge in [-0.15, -0.1) is 0 Å². The van der Waals surface area contributed by atoms with E-state index in [1.54, 1.807) is 10.6 Å². The van der Waals surface area contributed by atoms with Crippen molar-refractivity contribution in [3.8, 4) is 17.2 Å². The zero-order chi connectivity index (χ0) is 31.8. The lowest BCUT2D eigenvalue weighted by Gasteiger charge is -2.23. The van der Waals surface area contributed by atoms with Crippen LogP contribution in [0.25, 0.3) is 11.8 Å². The fourth-order valence-corrected chi connectivity index (χ4v) is 6.53. The highest BCUT2D eigenvalue weighted by molar-refractivity contribution is 7.07. The highest BCUT2D eigenvalue weighted by Crippen LogP contribution is 2.35. The molecule has 0 radical (unpaired) electrons. The molecule has 9 heteroatoms. The molecular weight excluding hydrogens is 574 g/mol. The number of aryl methyl sites for hydroxylation is 1. The third kappa shape index (κ3) is 5.76. The summed E-state index contributed by atoms with van der Waals surface area (Å²) in [7, 11) is 1.32. The van der Waals surface area contributed by atoms with Gasteiger partial charge < -0.3 is 18.8 Å². The molecule has 1 atom stereocenters. The van der Waals surface area contributed by atoms with E-state index in [0.717, 1.165) is 22.6 Å². The fourth-order valence-electron chi connectivity index (χ4n) is 5.57. The molecule has 0 saturated heterocycles. The van der Waals surface area contributed by atoms with Gasteiger partial charge in [0.1, 0.15) is 0 Å². The quantitative estimate of drug-likeness (QED) is 0.245. The molecule has 0 unspecified atom stereocenters. The van der Waals surface area contributed by atoms with Crippen LogP contribution < -0.4 is 24.4 Å². The Kier molecular flexibility index (Phi) is 8.70. The molecular formula is C35H39N3O5S. The van der Waals surface area contributed by atoms with Crippen LogP contribution in [0.4, 0.5) is 0 Å². The minimum absolute atomic E-state index is 0.0696. The average molecular weight is 614 g/mol. The van der Waals surface area contributed by atoms with Crippen LogP contribution in [-0.4, -0.2) is 35.4 Å². The van der Waals surface area contributed by atoms with Gasteiger partial charge >= 0.3 is 5.97 Å². The van der Waals surface area contributed by atoms with E-state index in [1.807, 2.05) is 32.1 Å². The number of carbonyl (C=O) groups excluding carboxylic acids is 1. The monoisotopic (exact) mass is 613 g/mol. The number of nitrogens with zero attached hydrogens (tertiary/aromatic N) is 3. The molecule has 0 fully saturated rings. The lowest BCUT2D eigenvalue weighted by Crippen LogP contribution is -2.39. The molecule has 3 heterocycles. The maximum absolute atomic E-state index is 14.1. The smallest absolute Gasteiger partial charge is 0.337 e. The van der Waals surface area contributed by atoms with Crippen LogP contribution >= 0.6 is 11.3 Å². The first-order valence-corrected chi connectivity index (χ1v) is 15.6. The van der Waals surface area contributed by atoms with Crippen molar-refractivity contribution in [3.05, 3.63) is 108 Å². The number of carbonyl (C=O) groups is 1. The van der Waals surface area contributed by atoms with Crippen molar-refractivity contribution in [1.82, 2.24) is 9.13 Å². The number of thiazole rings is 1. The molecule has 0 bridgehead atoms. The van der Waals surface area contributed by atoms with Crippen LogP contribution in [0.1, 0.15) is 68.7 Å². The Morgan fingerprint density at radius 2 is 1.68 bits per heavy atom. The number of fused-ring (bicyclic) bond motifs is 1. The predicted octanol–water partition coefficient (Wildman–Crippen LogP) is 5.52. The van der Waals surface area contributed by atoms with E-state index < -0.39 is 12.0 Å². The summed E-state index contributed by atoms with van der Waals surface area (Å²) in [5.74, 6) is 0.580. The third-order valence-corrected chi connectivity index (χ3v) is 8.75. The van der Waals surface area contributed by atoms with Gasteiger partial charge in [0.25, 0.3) is 5.56 Å². The van der Waals surface area contributed by atoms with Crippen molar-refractivity contribution >= 4 is 23.4 Å². The maximum Gasteiger partial charge on any atom is 0.337 e. The zero-order valence-corrected chi connectivity index (χ0v) is 27.4. The van der Waals surface area contributed by atoms with E-state index >= 15 is 0 Å². The fraction of sp³-hybridized carbons (Fsp3) is 0.343. The first kappa shape index (κ1) is 31.1. The predicted molar refractivity (Wildman–Crippen MR) is 174 cm³/mol. The van der Waals surface area contributed by atoms with E-state index in [-0.39, 0.29) is 16.5 Å². The SMILES string of the molecule is CCOc1ccc([C@@H]2C(C(=O)OC)=CN=c3s/c(=C\c4cc(C)n(-c5ccc(C(C)(C)C)cc5)c4C)c(=O)n32)cc1OCC. The van der Waals surface area contributed by atoms with Crippen molar-refractivity contribution in [1.29, 1.82) is 0 Å². The first-order chi connectivity index (χ1) is 21.0. The minimum atomic E-state index is -0.746. The molecule has 5 rings (SSSR count). The van der Waals surface area contributed by atoms with Crippen LogP contribution in [0.15, 0.2) is 70.1 Å². The van der Waals surface area contributed by atoms with Crippen molar-refractivity contribution in [2.45, 2.75) is 59.9 Å². The molecule has 1 aliphatic rings. The molecule has 0 aliphatic carbocycles. The van der Waals surface area contributed by atoms with Gasteiger partial charge in [-0.25, -0.2) is 9.79 Å². The molecule has 8 nitrogen and oxygen atoms in total. The molecule has 0 amide bonds. The Balaban J connectivity index is 1.62. The van der Waals surface area contributed by atoms with Gasteiger partial charge in [-0.3, -0.25) is 9.36 Å². The summed E-state index contributed by atoms with van der Waals surface area (Å²) in [6.45, 7) is 15.4. The zero-order valence-electron chi connectivity index (χ0n) is 26.6. The van der Waals surface area contributed by atoms with E-state index in [2.05, 4.69) is 74.5 Å². The van der Waals surface area contributed by atoms with Gasteiger partial charge in [0.15, 0.2) is 16.3 Å². The number of methoxy groups -OCH3 is 1. The Bertz CT molecular complexity index is 1920. The second-order valence-electron chi connectivity index (χ2n) is 11.7. The van der Waals surface area contributed by atoms with Crippen molar-refractivity contribution in [3.63, 3.8) is 0 Å². The molecule has 2 aromatic carbocycles. The van der Waals surface area contributed by atoms with Crippen LogP contribution in [0.5, 0.6) is 11.5 Å². The number of esters is 1. The number of hydrogen-bond donors (Lipinski definition) is 0. The lowest BCUT2D eigenvalue weighted by molar-refractivity contribution is -0.136. The first-order valence-electron chi connectivity index (χ1n) is 14.8. The molecule has 1 aliphatic heterocycles. The number of benzene rings is 2. The molecule has 2 aromatic heterocycles. The molecule has 4 aromatic rings. The Morgan fingerprint density at radius 1 is 1.00 bits per heavy atom. The third-order valence-electron chi connectivity index (χ3n) is 7.76. The Labute approximate surface area is 261 Å². The number of ether oxygens (including phenoxy) is 3. The van der Waals surface area contributed by atoms with Gasteiger partial charge in [0.2, 0.25) is 0 Å². The van der Waals surface area contributed by atoms with Gasteiger partial charge in [-0.1, -0.05) is 50.3 Å². The summed E-state index contributed by atoms with van der Waals surface area (Å²) >= 11 is 1.29. The van der Waals surface area contributed by atoms with Crippen molar-refractivity contribution < 1.29 is 19.0 Å². The minimum Gasteiger partial charge on any atom is -0.490 e. The van der Waals surface area contributed by atoms with Gasteiger partial charge in [0, 0.05) is 23.3 Å². The summed E-state index contributed by atoms with van der Waals surface area (Å²) in [5, 5.41) is 0. The van der Waals surface area contributed by atoms with E-state index in [9.17, 15) is 9.59 Å². The Hall–Kier alpha value is -4.37. The van der Waals surface area contributed by atoms with Gasteiger partial charge in [-0.05, 0) is 86.2 Å². The summed E-state index contributed by atoms with van der Waals surface area (Å²) in [4.78, 5) is 32.0. The van der Waals surface area contributed by atoms with Crippen LogP contribution in [0, 0.1) is 13.8 Å². The van der Waals surface area contributed by atoms with Crippen LogP contribution in [0.3, 0.4) is 0 Å². The average Bonchev–Trinajstić information content (AvgIpc) is 3.46. The summed E-state index contributed by atoms with van der Waals surface area (Å²) in [5.41, 5.74) is 6.15. The number of rotatable bonds is 8. The lowest BCUT2D eigenvalue weighted by atomic mass is 9.87. The van der Waals surface area contributed by atoms with Crippen molar-refractivity contribution in [2.24, 2.45) is 4.99 Å². The molecule has 230 valence electrons. The van der Waals surface area contributed by atoms with E-state index in [1.165, 1.54) is 30.2 Å². The number of hydrogen-bond acceptors (Lipinski definition) is 7. The number of aromatic nitrogens is 2. The highest BCUT2D eigenvalue weighted by Gasteiger charge is 2.31. The van der Waals surface area contributed by atoms with Crippen LogP contribution in [-0.2, 0) is 14.9 Å². The molecule has 0 spiro atoms. The Morgan fingerprint density at radius 3 is 2.32 bits per heavy atom. The standard InChI is InChI=1S/C35H39N3O5S/c1-9-42-28-16-11-23(18-29(28)43-10-2)31-27(33(40)41-8)20-36-34-38(31)32(39)30(44-34)19-24-17-21(3)37(22(24)4)26-14-12-25(13-15-26)35(5,6)7/h11-20,31H,9-10H2,1-8H3/b30-19-/t31-/m1/s1.